The van der Waals surface area contributed by atoms with Crippen molar-refractivity contribution in [2.75, 3.05) is 38.2 Å². The second-order valence-electron chi connectivity index (χ2n) is 7.99. The van der Waals surface area contributed by atoms with Crippen LogP contribution < -0.4 is 10.1 Å². The van der Waals surface area contributed by atoms with Crippen LogP contribution in [0.4, 0.5) is 5.69 Å². The van der Waals surface area contributed by atoms with Gasteiger partial charge >= 0.3 is 0 Å². The van der Waals surface area contributed by atoms with Crippen LogP contribution in [0.25, 0.3) is 11.0 Å². The highest BCUT2D eigenvalue weighted by Crippen LogP contribution is 2.20. The number of nitrogens with zero attached hydrogens (tertiary/aromatic N) is 2. The van der Waals surface area contributed by atoms with E-state index in [9.17, 15) is 4.79 Å². The molecule has 4 rings (SSSR count). The Morgan fingerprint density at radius 1 is 1.23 bits per heavy atom. The third kappa shape index (κ3) is 5.17. The van der Waals surface area contributed by atoms with Crippen LogP contribution in [0.3, 0.4) is 0 Å². The van der Waals surface area contributed by atoms with E-state index in [0.29, 0.717) is 23.8 Å². The number of hydrogen-bond acceptors (Lipinski definition) is 5. The largest absolute Gasteiger partial charge is 0.493 e. The van der Waals surface area contributed by atoms with Crippen molar-refractivity contribution in [3.63, 3.8) is 0 Å². The molecule has 1 amide bonds. The van der Waals surface area contributed by atoms with Crippen LogP contribution >= 0.6 is 0 Å². The number of morpholine rings is 1. The molecule has 0 saturated carbocycles. The van der Waals surface area contributed by atoms with Crippen molar-refractivity contribution in [3.05, 3.63) is 53.9 Å². The average molecular weight is 409 g/mol. The van der Waals surface area contributed by atoms with E-state index in [1.165, 1.54) is 0 Å². The molecular formula is C23H28N4O3. The molecule has 7 heteroatoms. The molecule has 1 aromatic heterocycles. The highest BCUT2D eigenvalue weighted by molar-refractivity contribution is 6.05. The quantitative estimate of drug-likeness (QED) is 0.623. The lowest BCUT2D eigenvalue weighted by Crippen LogP contribution is -2.35. The molecule has 1 fully saturated rings. The molecule has 2 heterocycles. The van der Waals surface area contributed by atoms with Gasteiger partial charge in [0.15, 0.2) is 0 Å². The molecule has 2 N–H and O–H groups in total. The van der Waals surface area contributed by atoms with Gasteiger partial charge in [0, 0.05) is 24.3 Å². The van der Waals surface area contributed by atoms with Gasteiger partial charge in [0.25, 0.3) is 5.91 Å². The first-order valence-corrected chi connectivity index (χ1v) is 10.4. The summed E-state index contributed by atoms with van der Waals surface area (Å²) in [7, 11) is 0. The van der Waals surface area contributed by atoms with Gasteiger partial charge in [0.2, 0.25) is 0 Å². The van der Waals surface area contributed by atoms with Crippen LogP contribution in [0.2, 0.25) is 0 Å². The van der Waals surface area contributed by atoms with Crippen LogP contribution in [0.1, 0.15) is 30.0 Å². The van der Waals surface area contributed by atoms with Crippen LogP contribution in [0.5, 0.6) is 5.75 Å². The smallest absolute Gasteiger partial charge is 0.255 e. The number of benzene rings is 2. The second kappa shape index (κ2) is 9.28. The maximum Gasteiger partial charge on any atom is 0.255 e. The van der Waals surface area contributed by atoms with Crippen LogP contribution in [-0.4, -0.2) is 53.7 Å². The highest BCUT2D eigenvalue weighted by atomic mass is 16.5. The standard InChI is InChI=1S/C23H28N4O3/c1-16(2)15-30-19-5-3-4-17(12-19)23(28)24-18-6-7-20-21(13-18)26-22(25-20)14-27-8-10-29-11-9-27/h3-7,12-13,16H,8-11,14-15H2,1-2H3,(H,24,28)(H,25,26). The van der Waals surface area contributed by atoms with Crippen LogP contribution in [0.15, 0.2) is 42.5 Å². The monoisotopic (exact) mass is 408 g/mol. The predicted molar refractivity (Wildman–Crippen MR) is 117 cm³/mol. The Morgan fingerprint density at radius 2 is 2.07 bits per heavy atom. The SMILES string of the molecule is CC(C)COc1cccc(C(=O)Nc2ccc3nc(CN4CCOCC4)[nH]c3c2)c1. The summed E-state index contributed by atoms with van der Waals surface area (Å²) >= 11 is 0. The number of aromatic nitrogens is 2. The fourth-order valence-electron chi connectivity index (χ4n) is 3.38. The summed E-state index contributed by atoms with van der Waals surface area (Å²) in [5.41, 5.74) is 3.09. The summed E-state index contributed by atoms with van der Waals surface area (Å²) < 4.78 is 11.1. The number of imidazole rings is 1. The Bertz CT molecular complexity index is 1010. The average Bonchev–Trinajstić information content (AvgIpc) is 3.14. The Kier molecular flexibility index (Phi) is 6.30. The number of anilines is 1. The molecule has 7 nitrogen and oxygen atoms in total. The number of nitrogens with one attached hydrogen (secondary N) is 2. The molecule has 158 valence electrons. The summed E-state index contributed by atoms with van der Waals surface area (Å²) in [6.45, 7) is 8.93. The molecule has 1 aliphatic heterocycles. The van der Waals surface area contributed by atoms with Gasteiger partial charge < -0.3 is 19.8 Å². The lowest BCUT2D eigenvalue weighted by molar-refractivity contribution is 0.0332. The van der Waals surface area contributed by atoms with E-state index < -0.39 is 0 Å². The van der Waals surface area contributed by atoms with Gasteiger partial charge in [-0.1, -0.05) is 19.9 Å². The molecule has 1 aliphatic rings. The number of fused-ring (bicyclic) bond motifs is 1. The number of hydrogen-bond donors (Lipinski definition) is 2. The van der Waals surface area contributed by atoms with E-state index in [0.717, 1.165) is 55.4 Å². The summed E-state index contributed by atoms with van der Waals surface area (Å²) in [6.07, 6.45) is 0. The lowest BCUT2D eigenvalue weighted by atomic mass is 10.2. The molecule has 0 unspecified atom stereocenters. The van der Waals surface area contributed by atoms with Crippen molar-refractivity contribution in [1.29, 1.82) is 0 Å². The maximum atomic E-state index is 12.7. The Morgan fingerprint density at radius 3 is 2.87 bits per heavy atom. The van der Waals surface area contributed by atoms with E-state index in [-0.39, 0.29) is 5.91 Å². The maximum absolute atomic E-state index is 12.7. The van der Waals surface area contributed by atoms with Crippen LogP contribution in [0, 0.1) is 5.92 Å². The fraction of sp³-hybridized carbons (Fsp3) is 0.391. The molecule has 0 aliphatic carbocycles. The van der Waals surface area contributed by atoms with E-state index >= 15 is 0 Å². The highest BCUT2D eigenvalue weighted by Gasteiger charge is 2.14. The summed E-state index contributed by atoms with van der Waals surface area (Å²) in [6, 6.07) is 13.0. The number of amides is 1. The number of H-pyrrole nitrogens is 1. The van der Waals surface area contributed by atoms with Crippen molar-refractivity contribution in [1.82, 2.24) is 14.9 Å². The minimum Gasteiger partial charge on any atom is -0.493 e. The molecule has 2 aromatic carbocycles. The van der Waals surface area contributed by atoms with Crippen molar-refractivity contribution >= 4 is 22.6 Å². The first-order chi connectivity index (χ1) is 14.6. The van der Waals surface area contributed by atoms with Crippen LogP contribution in [-0.2, 0) is 11.3 Å². The zero-order valence-electron chi connectivity index (χ0n) is 17.5. The van der Waals surface area contributed by atoms with E-state index in [4.69, 9.17) is 9.47 Å². The molecule has 1 saturated heterocycles. The molecular weight excluding hydrogens is 380 g/mol. The van der Waals surface area contributed by atoms with Gasteiger partial charge in [-0.05, 0) is 42.3 Å². The molecule has 0 atom stereocenters. The van der Waals surface area contributed by atoms with Gasteiger partial charge in [0.1, 0.15) is 11.6 Å². The Labute approximate surface area is 176 Å². The molecule has 0 spiro atoms. The minimum absolute atomic E-state index is 0.169. The first kappa shape index (κ1) is 20.4. The summed E-state index contributed by atoms with van der Waals surface area (Å²) in [5, 5.41) is 2.96. The zero-order chi connectivity index (χ0) is 20.9. The van der Waals surface area contributed by atoms with Crippen molar-refractivity contribution in [2.24, 2.45) is 5.92 Å². The molecule has 0 radical (unpaired) electrons. The zero-order valence-corrected chi connectivity index (χ0v) is 17.5. The van der Waals surface area contributed by atoms with E-state index in [1.54, 1.807) is 12.1 Å². The third-order valence-electron chi connectivity index (χ3n) is 4.95. The predicted octanol–water partition coefficient (Wildman–Crippen LogP) is 3.68. The number of rotatable bonds is 7. The lowest BCUT2D eigenvalue weighted by Gasteiger charge is -2.25. The number of carbonyl (C=O) groups is 1. The van der Waals surface area contributed by atoms with Gasteiger partial charge in [-0.25, -0.2) is 4.98 Å². The summed E-state index contributed by atoms with van der Waals surface area (Å²) in [4.78, 5) is 23.0. The van der Waals surface area contributed by atoms with Gasteiger partial charge in [-0.3, -0.25) is 9.69 Å². The van der Waals surface area contributed by atoms with E-state index in [2.05, 4.69) is 34.0 Å². The first-order valence-electron chi connectivity index (χ1n) is 10.4. The van der Waals surface area contributed by atoms with Gasteiger partial charge in [0.05, 0.1) is 37.4 Å². The third-order valence-corrected chi connectivity index (χ3v) is 4.95. The fourth-order valence-corrected chi connectivity index (χ4v) is 3.38. The summed E-state index contributed by atoms with van der Waals surface area (Å²) in [5.74, 6) is 1.88. The van der Waals surface area contributed by atoms with Gasteiger partial charge in [-0.2, -0.15) is 0 Å². The van der Waals surface area contributed by atoms with Crippen molar-refractivity contribution in [3.8, 4) is 5.75 Å². The number of carbonyl (C=O) groups excluding carboxylic acids is 1. The normalized spacial score (nSPS) is 14.9. The molecule has 30 heavy (non-hydrogen) atoms. The molecule has 3 aromatic rings. The number of aromatic amines is 1. The van der Waals surface area contributed by atoms with Gasteiger partial charge in [-0.15, -0.1) is 0 Å². The second-order valence-corrected chi connectivity index (χ2v) is 7.99. The van der Waals surface area contributed by atoms with Crippen molar-refractivity contribution < 1.29 is 14.3 Å². The topological polar surface area (TPSA) is 79.5 Å². The minimum atomic E-state index is -0.169. The Balaban J connectivity index is 1.43. The van der Waals surface area contributed by atoms with E-state index in [1.807, 2.05) is 30.3 Å². The van der Waals surface area contributed by atoms with Crippen molar-refractivity contribution in [2.45, 2.75) is 20.4 Å². The Hall–Kier alpha value is -2.90. The number of ether oxygens (including phenoxy) is 2. The molecule has 0 bridgehead atoms.